The van der Waals surface area contributed by atoms with Crippen LogP contribution >= 0.6 is 11.8 Å². The van der Waals surface area contributed by atoms with Gasteiger partial charge < -0.3 is 14.8 Å². The fraction of sp³-hybridized carbons (Fsp3) is 0.278. The Balaban J connectivity index is 1.68. The fourth-order valence-corrected chi connectivity index (χ4v) is 3.03. The second-order valence-electron chi connectivity index (χ2n) is 5.56. The molecule has 0 fully saturated rings. The van der Waals surface area contributed by atoms with Gasteiger partial charge in [-0.1, -0.05) is 11.8 Å². The summed E-state index contributed by atoms with van der Waals surface area (Å²) in [4.78, 5) is 23.1. The maximum Gasteiger partial charge on any atom is 0.325 e. The monoisotopic (exact) mass is 401 g/mol. The minimum Gasteiger partial charge on any atom is -0.497 e. The number of benzene rings is 1. The van der Waals surface area contributed by atoms with Gasteiger partial charge in [0.15, 0.2) is 11.5 Å². The van der Waals surface area contributed by atoms with E-state index in [1.165, 1.54) is 11.8 Å². The number of hydrogen-bond acceptors (Lipinski definition) is 8. The number of nitrogens with one attached hydrogen (secondary N) is 1. The lowest BCUT2D eigenvalue weighted by atomic mass is 10.2. The van der Waals surface area contributed by atoms with E-state index >= 15 is 0 Å². The molecule has 0 saturated carbocycles. The summed E-state index contributed by atoms with van der Waals surface area (Å²) in [5, 5.41) is 16.0. The molecule has 1 amide bonds. The van der Waals surface area contributed by atoms with Gasteiger partial charge in [0.1, 0.15) is 17.3 Å². The molecule has 2 heterocycles. The molecule has 2 aromatic heterocycles. The molecule has 28 heavy (non-hydrogen) atoms. The van der Waals surface area contributed by atoms with E-state index in [-0.39, 0.29) is 24.8 Å². The average Bonchev–Trinajstić information content (AvgIpc) is 3.14. The first-order chi connectivity index (χ1) is 13.6. The van der Waals surface area contributed by atoms with Crippen molar-refractivity contribution in [3.05, 3.63) is 36.4 Å². The minimum absolute atomic E-state index is 0.123. The highest BCUT2D eigenvalue weighted by molar-refractivity contribution is 7.99. The zero-order valence-corrected chi connectivity index (χ0v) is 16.2. The number of rotatable bonds is 8. The SMILES string of the molecule is CCOC(=O)CNC(=O)CSc1ccc2nnc(-c3ccc(OC)cc3)n2n1. The Morgan fingerprint density at radius 2 is 1.93 bits per heavy atom. The van der Waals surface area contributed by atoms with Crippen LogP contribution in [0.2, 0.25) is 0 Å². The number of esters is 1. The first-order valence-corrected chi connectivity index (χ1v) is 9.51. The first-order valence-electron chi connectivity index (χ1n) is 8.52. The van der Waals surface area contributed by atoms with Crippen LogP contribution in [0.1, 0.15) is 6.92 Å². The Morgan fingerprint density at radius 3 is 2.64 bits per heavy atom. The molecule has 0 unspecified atom stereocenters. The predicted molar refractivity (Wildman–Crippen MR) is 103 cm³/mol. The molecule has 0 radical (unpaired) electrons. The number of hydrogen-bond donors (Lipinski definition) is 1. The van der Waals surface area contributed by atoms with Gasteiger partial charge in [-0.15, -0.1) is 10.2 Å². The smallest absolute Gasteiger partial charge is 0.325 e. The van der Waals surface area contributed by atoms with Crippen LogP contribution in [0.5, 0.6) is 5.75 Å². The molecular weight excluding hydrogens is 382 g/mol. The van der Waals surface area contributed by atoms with E-state index in [2.05, 4.69) is 20.6 Å². The summed E-state index contributed by atoms with van der Waals surface area (Å²) >= 11 is 1.25. The van der Waals surface area contributed by atoms with Crippen molar-refractivity contribution in [2.75, 3.05) is 26.0 Å². The van der Waals surface area contributed by atoms with Crippen LogP contribution in [-0.4, -0.2) is 57.7 Å². The van der Waals surface area contributed by atoms with E-state index in [4.69, 9.17) is 9.47 Å². The maximum atomic E-state index is 11.9. The van der Waals surface area contributed by atoms with Crippen molar-refractivity contribution in [3.8, 4) is 17.1 Å². The highest BCUT2D eigenvalue weighted by Crippen LogP contribution is 2.22. The second kappa shape index (κ2) is 9.18. The molecule has 1 N–H and O–H groups in total. The maximum absolute atomic E-state index is 11.9. The van der Waals surface area contributed by atoms with Crippen molar-refractivity contribution < 1.29 is 19.1 Å². The van der Waals surface area contributed by atoms with Crippen molar-refractivity contribution in [1.29, 1.82) is 0 Å². The number of ether oxygens (including phenoxy) is 2. The third kappa shape index (κ3) is 4.77. The van der Waals surface area contributed by atoms with E-state index in [1.807, 2.05) is 24.3 Å². The number of amides is 1. The molecule has 1 aromatic carbocycles. The molecule has 146 valence electrons. The third-order valence-corrected chi connectivity index (χ3v) is 4.59. The summed E-state index contributed by atoms with van der Waals surface area (Å²) in [5.41, 5.74) is 1.44. The Bertz CT molecular complexity index is 974. The average molecular weight is 401 g/mol. The number of thioether (sulfide) groups is 1. The number of carbonyl (C=O) groups is 2. The van der Waals surface area contributed by atoms with Gasteiger partial charge in [-0.05, 0) is 43.3 Å². The lowest BCUT2D eigenvalue weighted by Gasteiger charge is -2.05. The second-order valence-corrected chi connectivity index (χ2v) is 6.56. The summed E-state index contributed by atoms with van der Waals surface area (Å²) in [6.07, 6.45) is 0. The number of nitrogens with zero attached hydrogens (tertiary/aromatic N) is 4. The molecule has 10 heteroatoms. The van der Waals surface area contributed by atoms with Crippen LogP contribution in [0.25, 0.3) is 17.0 Å². The zero-order valence-electron chi connectivity index (χ0n) is 15.4. The fourth-order valence-electron chi connectivity index (χ4n) is 2.34. The van der Waals surface area contributed by atoms with Gasteiger partial charge in [-0.2, -0.15) is 9.61 Å². The number of aromatic nitrogens is 4. The topological polar surface area (TPSA) is 108 Å². The molecule has 3 rings (SSSR count). The quantitative estimate of drug-likeness (QED) is 0.448. The van der Waals surface area contributed by atoms with Gasteiger partial charge in [0.25, 0.3) is 0 Å². The summed E-state index contributed by atoms with van der Waals surface area (Å²) in [6.45, 7) is 1.85. The molecule has 9 nitrogen and oxygen atoms in total. The Morgan fingerprint density at radius 1 is 1.14 bits per heavy atom. The zero-order chi connectivity index (χ0) is 19.9. The lowest BCUT2D eigenvalue weighted by Crippen LogP contribution is -2.31. The Labute approximate surface area is 165 Å². The van der Waals surface area contributed by atoms with Crippen LogP contribution in [-0.2, 0) is 14.3 Å². The summed E-state index contributed by atoms with van der Waals surface area (Å²) in [7, 11) is 1.61. The lowest BCUT2D eigenvalue weighted by molar-refractivity contribution is -0.143. The van der Waals surface area contributed by atoms with Gasteiger partial charge in [0.05, 0.1) is 19.5 Å². The van der Waals surface area contributed by atoms with Crippen molar-refractivity contribution in [2.24, 2.45) is 0 Å². The van der Waals surface area contributed by atoms with Crippen LogP contribution in [0.4, 0.5) is 0 Å². The van der Waals surface area contributed by atoms with Crippen LogP contribution in [0.15, 0.2) is 41.4 Å². The minimum atomic E-state index is -0.464. The van der Waals surface area contributed by atoms with E-state index in [0.717, 1.165) is 11.3 Å². The van der Waals surface area contributed by atoms with Gasteiger partial charge in [-0.3, -0.25) is 9.59 Å². The predicted octanol–water partition coefficient (Wildman–Crippen LogP) is 1.57. The van der Waals surface area contributed by atoms with Crippen LogP contribution in [0.3, 0.4) is 0 Å². The van der Waals surface area contributed by atoms with Gasteiger partial charge in [0.2, 0.25) is 5.91 Å². The molecule has 0 saturated heterocycles. The normalized spacial score (nSPS) is 10.6. The molecule has 0 aliphatic heterocycles. The van der Waals surface area contributed by atoms with E-state index < -0.39 is 5.97 Å². The molecule has 0 spiro atoms. The first kappa shape index (κ1) is 19.6. The molecular formula is C18H19N5O4S. The van der Waals surface area contributed by atoms with E-state index in [0.29, 0.717) is 16.5 Å². The van der Waals surface area contributed by atoms with Crippen LogP contribution < -0.4 is 10.1 Å². The number of carbonyl (C=O) groups excluding carboxylic acids is 2. The largest absolute Gasteiger partial charge is 0.497 e. The van der Waals surface area contributed by atoms with E-state index in [9.17, 15) is 9.59 Å². The van der Waals surface area contributed by atoms with E-state index in [1.54, 1.807) is 30.7 Å². The number of methoxy groups -OCH3 is 1. The summed E-state index contributed by atoms with van der Waals surface area (Å²) in [5.74, 6) is 0.716. The van der Waals surface area contributed by atoms with Crippen molar-refractivity contribution in [1.82, 2.24) is 25.1 Å². The summed E-state index contributed by atoms with van der Waals surface area (Å²) in [6, 6.07) is 11.0. The van der Waals surface area contributed by atoms with Crippen molar-refractivity contribution in [3.63, 3.8) is 0 Å². The van der Waals surface area contributed by atoms with Gasteiger partial charge >= 0.3 is 5.97 Å². The molecule has 0 atom stereocenters. The van der Waals surface area contributed by atoms with Gasteiger partial charge in [-0.25, -0.2) is 0 Å². The Kier molecular flexibility index (Phi) is 6.43. The molecule has 0 aliphatic carbocycles. The summed E-state index contributed by atoms with van der Waals surface area (Å²) < 4.78 is 11.6. The number of fused-ring (bicyclic) bond motifs is 1. The van der Waals surface area contributed by atoms with Crippen LogP contribution in [0, 0.1) is 0 Å². The third-order valence-electron chi connectivity index (χ3n) is 3.67. The van der Waals surface area contributed by atoms with Crippen molar-refractivity contribution >= 4 is 29.3 Å². The highest BCUT2D eigenvalue weighted by Gasteiger charge is 2.12. The van der Waals surface area contributed by atoms with Crippen molar-refractivity contribution in [2.45, 2.75) is 11.9 Å². The highest BCUT2D eigenvalue weighted by atomic mass is 32.2. The molecule has 0 aliphatic rings. The Hall–Kier alpha value is -3.14. The molecule has 3 aromatic rings. The molecule has 0 bridgehead atoms. The standard InChI is InChI=1S/C18H19N5O4S/c1-3-27-17(25)10-19-15(24)11-28-16-9-8-14-20-21-18(23(14)22-16)12-4-6-13(26-2)7-5-12/h4-9H,3,10-11H2,1-2H3,(H,19,24). The van der Waals surface area contributed by atoms with Gasteiger partial charge in [0, 0.05) is 5.56 Å².